The monoisotopic (exact) mass is 183 g/mol. The molecule has 1 aliphatic rings. The first kappa shape index (κ1) is 9.87. The second kappa shape index (κ2) is 5.44. The van der Waals surface area contributed by atoms with Gasteiger partial charge in [0.15, 0.2) is 0 Å². The fourth-order valence-electron chi connectivity index (χ4n) is 0.967. The van der Waals surface area contributed by atoms with Crippen molar-refractivity contribution in [2.75, 3.05) is 32.9 Å². The quantitative estimate of drug-likeness (QED) is 0.418. The van der Waals surface area contributed by atoms with Crippen molar-refractivity contribution >= 4 is 5.97 Å². The van der Waals surface area contributed by atoms with E-state index in [9.17, 15) is 4.79 Å². The first-order valence-corrected chi connectivity index (χ1v) is 4.34. The third-order valence-corrected chi connectivity index (χ3v) is 1.60. The fourth-order valence-corrected chi connectivity index (χ4v) is 0.967. The summed E-state index contributed by atoms with van der Waals surface area (Å²) in [5.41, 5.74) is 0. The molecule has 1 rings (SSSR count). The summed E-state index contributed by atoms with van der Waals surface area (Å²) in [6.45, 7) is 5.00. The Morgan fingerprint density at radius 1 is 1.54 bits per heavy atom. The van der Waals surface area contributed by atoms with Gasteiger partial charge in [0.2, 0.25) is 0 Å². The molecule has 1 heterocycles. The predicted molar refractivity (Wildman–Crippen MR) is 46.8 cm³/mol. The summed E-state index contributed by atoms with van der Waals surface area (Å²) in [7, 11) is 0. The lowest BCUT2D eigenvalue weighted by Gasteiger charge is -2.22. The number of hydrogen-bond donors (Lipinski definition) is 0. The van der Waals surface area contributed by atoms with Gasteiger partial charge in [-0.1, -0.05) is 0 Å². The van der Waals surface area contributed by atoms with Gasteiger partial charge >= 0.3 is 5.97 Å². The Morgan fingerprint density at radius 2 is 2.23 bits per heavy atom. The normalized spacial score (nSPS) is 15.9. The van der Waals surface area contributed by atoms with Crippen LogP contribution >= 0.6 is 0 Å². The highest BCUT2D eigenvalue weighted by Gasteiger charge is 2.05. The highest BCUT2D eigenvalue weighted by molar-refractivity contribution is 5.88. The van der Waals surface area contributed by atoms with Gasteiger partial charge in [0.05, 0.1) is 19.8 Å². The van der Waals surface area contributed by atoms with E-state index < -0.39 is 5.97 Å². The van der Waals surface area contributed by atoms with Gasteiger partial charge in [-0.3, -0.25) is 0 Å². The highest BCUT2D eigenvalue weighted by Crippen LogP contribution is 1.93. The maximum absolute atomic E-state index is 10.8. The van der Waals surface area contributed by atoms with Gasteiger partial charge in [-0.15, -0.1) is 0 Å². The first-order chi connectivity index (χ1) is 6.33. The van der Waals surface area contributed by atoms with Crippen molar-refractivity contribution in [2.24, 2.45) is 0 Å². The molecule has 4 heteroatoms. The molecular weight excluding hydrogens is 170 g/mol. The molecule has 1 fully saturated rings. The molecule has 0 amide bonds. The number of carbonyl (C=O) groups is 1. The lowest BCUT2D eigenvalue weighted by Crippen LogP contribution is -2.32. The van der Waals surface area contributed by atoms with Gasteiger partial charge in [-0.25, -0.2) is 4.79 Å². The van der Waals surface area contributed by atoms with Crippen LogP contribution in [0.2, 0.25) is 0 Å². The Morgan fingerprint density at radius 3 is 2.85 bits per heavy atom. The Bertz CT molecular complexity index is 223. The van der Waals surface area contributed by atoms with E-state index in [1.54, 1.807) is 6.92 Å². The number of nitrogens with zero attached hydrogens (tertiary/aromatic N) is 1. The van der Waals surface area contributed by atoms with Crippen molar-refractivity contribution in [1.29, 1.82) is 0 Å². The molecule has 4 nitrogen and oxygen atoms in total. The molecule has 0 aromatic rings. The van der Waals surface area contributed by atoms with Gasteiger partial charge in [-0.2, -0.15) is 0 Å². The van der Waals surface area contributed by atoms with Crippen LogP contribution in [0.1, 0.15) is 6.92 Å². The number of rotatable bonds is 1. The van der Waals surface area contributed by atoms with Gasteiger partial charge in [-0.05, 0) is 6.92 Å². The Balaban J connectivity index is 2.31. The predicted octanol–water partition coefficient (Wildman–Crippen LogP) is -0.157. The van der Waals surface area contributed by atoms with Crippen LogP contribution in [0.25, 0.3) is 0 Å². The van der Waals surface area contributed by atoms with Gasteiger partial charge in [0, 0.05) is 25.1 Å². The van der Waals surface area contributed by atoms with E-state index in [0.717, 1.165) is 13.1 Å². The molecule has 0 aliphatic carbocycles. The molecule has 0 saturated carbocycles. The Hall–Kier alpha value is -1.21. The van der Waals surface area contributed by atoms with E-state index in [4.69, 9.17) is 4.74 Å². The number of morpholine rings is 1. The number of esters is 1. The molecule has 1 aliphatic heterocycles. The summed E-state index contributed by atoms with van der Waals surface area (Å²) in [6, 6.07) is 2.73. The minimum atomic E-state index is -0.464. The lowest BCUT2D eigenvalue weighted by atomic mass is 10.4. The molecule has 0 N–H and O–H groups in total. The van der Waals surface area contributed by atoms with Crippen molar-refractivity contribution in [3.63, 3.8) is 0 Å². The molecule has 0 bridgehead atoms. The van der Waals surface area contributed by atoms with Gasteiger partial charge < -0.3 is 14.4 Å². The fraction of sp³-hybridized carbons (Fsp3) is 0.667. The molecular formula is C9H13NO3. The van der Waals surface area contributed by atoms with E-state index in [0.29, 0.717) is 19.8 Å². The average Bonchev–Trinajstić information content (AvgIpc) is 2.17. The van der Waals surface area contributed by atoms with Crippen LogP contribution in [0.5, 0.6) is 0 Å². The zero-order valence-electron chi connectivity index (χ0n) is 7.71. The lowest BCUT2D eigenvalue weighted by molar-refractivity contribution is -0.136. The van der Waals surface area contributed by atoms with Crippen LogP contribution in [-0.2, 0) is 14.3 Å². The van der Waals surface area contributed by atoms with Crippen LogP contribution in [0.4, 0.5) is 0 Å². The molecule has 13 heavy (non-hydrogen) atoms. The summed E-state index contributed by atoms with van der Waals surface area (Å²) in [5.74, 6) is 1.95. The number of hydrogen-bond acceptors (Lipinski definition) is 4. The van der Waals surface area contributed by atoms with Crippen LogP contribution < -0.4 is 0 Å². The second-order valence-electron chi connectivity index (χ2n) is 2.56. The Labute approximate surface area is 77.8 Å². The van der Waals surface area contributed by atoms with E-state index in [1.807, 2.05) is 4.90 Å². The maximum Gasteiger partial charge on any atom is 0.386 e. The van der Waals surface area contributed by atoms with Crippen molar-refractivity contribution < 1.29 is 14.3 Å². The summed E-state index contributed by atoms with van der Waals surface area (Å²) in [5, 5.41) is 0. The largest absolute Gasteiger partial charge is 0.456 e. The SMILES string of the molecule is CCOC(=O)C#CN1CCOCC1. The first-order valence-electron chi connectivity index (χ1n) is 4.34. The minimum Gasteiger partial charge on any atom is -0.456 e. The summed E-state index contributed by atoms with van der Waals surface area (Å²) in [6.07, 6.45) is 0. The van der Waals surface area contributed by atoms with Crippen molar-refractivity contribution in [2.45, 2.75) is 6.92 Å². The standard InChI is InChI=1S/C9H13NO3/c1-2-13-9(11)3-4-10-5-7-12-8-6-10/h2,5-8H2,1H3. The second-order valence-corrected chi connectivity index (χ2v) is 2.56. The number of carbonyl (C=O) groups excluding carboxylic acids is 1. The molecule has 0 spiro atoms. The molecule has 0 radical (unpaired) electrons. The topological polar surface area (TPSA) is 38.8 Å². The number of ether oxygens (including phenoxy) is 2. The summed E-state index contributed by atoms with van der Waals surface area (Å²) < 4.78 is 9.79. The third-order valence-electron chi connectivity index (χ3n) is 1.60. The van der Waals surface area contributed by atoms with Gasteiger partial charge in [0.25, 0.3) is 0 Å². The van der Waals surface area contributed by atoms with Crippen LogP contribution in [0.3, 0.4) is 0 Å². The van der Waals surface area contributed by atoms with Crippen LogP contribution in [0.15, 0.2) is 0 Å². The van der Waals surface area contributed by atoms with Crippen molar-refractivity contribution in [3.05, 3.63) is 0 Å². The summed E-state index contributed by atoms with van der Waals surface area (Å²) in [4.78, 5) is 12.7. The van der Waals surface area contributed by atoms with E-state index in [1.165, 1.54) is 0 Å². The van der Waals surface area contributed by atoms with Crippen LogP contribution in [0, 0.1) is 12.0 Å². The van der Waals surface area contributed by atoms with Crippen molar-refractivity contribution in [1.82, 2.24) is 4.90 Å². The molecule has 0 aromatic heterocycles. The Kier molecular flexibility index (Phi) is 4.13. The van der Waals surface area contributed by atoms with E-state index >= 15 is 0 Å². The third kappa shape index (κ3) is 3.81. The highest BCUT2D eigenvalue weighted by atomic mass is 16.5. The zero-order valence-corrected chi connectivity index (χ0v) is 7.71. The van der Waals surface area contributed by atoms with Crippen LogP contribution in [-0.4, -0.2) is 43.8 Å². The molecule has 0 atom stereocenters. The van der Waals surface area contributed by atoms with Crippen molar-refractivity contribution in [3.8, 4) is 12.0 Å². The molecule has 72 valence electrons. The minimum absolute atomic E-state index is 0.372. The maximum atomic E-state index is 10.8. The average molecular weight is 183 g/mol. The zero-order chi connectivity index (χ0) is 9.52. The molecule has 0 aromatic carbocycles. The molecule has 0 unspecified atom stereocenters. The smallest absolute Gasteiger partial charge is 0.386 e. The summed E-state index contributed by atoms with van der Waals surface area (Å²) >= 11 is 0. The van der Waals surface area contributed by atoms with E-state index in [-0.39, 0.29) is 0 Å². The van der Waals surface area contributed by atoms with Gasteiger partial charge in [0.1, 0.15) is 0 Å². The van der Waals surface area contributed by atoms with E-state index in [2.05, 4.69) is 16.7 Å². The molecule has 1 saturated heterocycles.